The maximum Gasteiger partial charge on any atom is 0.320 e. The molecular formula is C9H16O4Si. The van der Waals surface area contributed by atoms with E-state index in [0.29, 0.717) is 12.8 Å². The largest absolute Gasteiger partial charge is 0.426 e. The molecule has 0 aliphatic carbocycles. The third-order valence-corrected chi connectivity index (χ3v) is 4.93. The van der Waals surface area contributed by atoms with Crippen molar-refractivity contribution < 1.29 is 18.8 Å². The van der Waals surface area contributed by atoms with Gasteiger partial charge in [0.05, 0.1) is 11.0 Å². The van der Waals surface area contributed by atoms with E-state index in [2.05, 4.69) is 0 Å². The molecule has 1 atom stereocenters. The molecule has 5 heteroatoms. The van der Waals surface area contributed by atoms with Crippen LogP contribution in [0.4, 0.5) is 0 Å². The molecule has 80 valence electrons. The highest BCUT2D eigenvalue weighted by Crippen LogP contribution is 2.46. The van der Waals surface area contributed by atoms with Crippen molar-refractivity contribution in [2.75, 3.05) is 7.11 Å². The molecule has 0 saturated carbocycles. The fourth-order valence-corrected chi connectivity index (χ4v) is 3.67. The van der Waals surface area contributed by atoms with Gasteiger partial charge in [0.15, 0.2) is 9.76 Å². The van der Waals surface area contributed by atoms with Gasteiger partial charge in [0, 0.05) is 7.11 Å². The van der Waals surface area contributed by atoms with Gasteiger partial charge in [-0.15, -0.1) is 0 Å². The minimum absolute atomic E-state index is 0.296. The molecule has 0 aromatic rings. The molecule has 14 heavy (non-hydrogen) atoms. The average molecular weight is 216 g/mol. The van der Waals surface area contributed by atoms with E-state index in [0.717, 1.165) is 0 Å². The number of hydrogen-bond donors (Lipinski definition) is 0. The summed E-state index contributed by atoms with van der Waals surface area (Å²) in [4.78, 5) is 23.0. The van der Waals surface area contributed by atoms with Crippen molar-refractivity contribution in [3.05, 3.63) is 0 Å². The van der Waals surface area contributed by atoms with Crippen LogP contribution >= 0.6 is 0 Å². The van der Waals surface area contributed by atoms with Crippen LogP contribution in [-0.4, -0.2) is 28.8 Å². The fourth-order valence-electron chi connectivity index (χ4n) is 2.06. The van der Waals surface area contributed by atoms with E-state index >= 15 is 0 Å². The van der Waals surface area contributed by atoms with Gasteiger partial charge in [-0.3, -0.25) is 9.59 Å². The Hall–Kier alpha value is -0.683. The summed E-state index contributed by atoms with van der Waals surface area (Å²) < 4.78 is 9.79. The Kier molecular flexibility index (Phi) is 3.44. The van der Waals surface area contributed by atoms with Gasteiger partial charge in [-0.1, -0.05) is 13.8 Å². The Balaban J connectivity index is 2.97. The smallest absolute Gasteiger partial charge is 0.320 e. The zero-order valence-corrected chi connectivity index (χ0v) is 10.2. The summed E-state index contributed by atoms with van der Waals surface area (Å²) in [6.45, 7) is 3.83. The highest BCUT2D eigenvalue weighted by Gasteiger charge is 2.55. The topological polar surface area (TPSA) is 52.6 Å². The van der Waals surface area contributed by atoms with Gasteiger partial charge in [-0.05, 0) is 12.8 Å². The molecule has 0 bridgehead atoms. The minimum atomic E-state index is -1.00. The van der Waals surface area contributed by atoms with Gasteiger partial charge in [0.1, 0.15) is 0 Å². The normalized spacial score (nSPS) is 26.1. The lowest BCUT2D eigenvalue weighted by Crippen LogP contribution is -2.32. The minimum Gasteiger partial charge on any atom is -0.426 e. The van der Waals surface area contributed by atoms with Gasteiger partial charge < -0.3 is 9.16 Å². The van der Waals surface area contributed by atoms with Gasteiger partial charge in [0.2, 0.25) is 0 Å². The Morgan fingerprint density at radius 3 is 2.43 bits per heavy atom. The monoisotopic (exact) mass is 216 g/mol. The van der Waals surface area contributed by atoms with Crippen molar-refractivity contribution in [2.24, 2.45) is 5.41 Å². The second-order valence-corrected chi connectivity index (χ2v) is 5.31. The summed E-state index contributed by atoms with van der Waals surface area (Å²) in [6.07, 6.45) is 1.30. The molecule has 1 saturated heterocycles. The fraction of sp³-hybridized carbons (Fsp3) is 0.778. The molecule has 0 aromatic carbocycles. The van der Waals surface area contributed by atoms with Crippen molar-refractivity contribution in [3.63, 3.8) is 0 Å². The molecule has 0 amide bonds. The number of carbonyl (C=O) groups is 2. The lowest BCUT2D eigenvalue weighted by atomic mass is 9.80. The van der Waals surface area contributed by atoms with Crippen molar-refractivity contribution in [1.82, 2.24) is 0 Å². The Labute approximate surface area is 85.9 Å². The number of ether oxygens (including phenoxy) is 1. The Bertz CT molecular complexity index is 247. The first-order valence-electron chi connectivity index (χ1n) is 4.87. The predicted octanol–water partition coefficient (Wildman–Crippen LogP) is 0.395. The zero-order chi connectivity index (χ0) is 10.8. The van der Waals surface area contributed by atoms with Crippen LogP contribution in [0.3, 0.4) is 0 Å². The maximum atomic E-state index is 11.6. The van der Waals surface area contributed by atoms with Crippen molar-refractivity contribution in [2.45, 2.75) is 32.2 Å². The quantitative estimate of drug-likeness (QED) is 0.388. The van der Waals surface area contributed by atoms with Crippen LogP contribution in [0.2, 0.25) is 5.54 Å². The van der Waals surface area contributed by atoms with Crippen molar-refractivity contribution in [3.8, 4) is 0 Å². The van der Waals surface area contributed by atoms with E-state index < -0.39 is 15.2 Å². The van der Waals surface area contributed by atoms with Crippen LogP contribution in [-0.2, 0) is 18.8 Å². The molecule has 0 spiro atoms. The van der Waals surface area contributed by atoms with E-state index in [-0.39, 0.29) is 17.5 Å². The van der Waals surface area contributed by atoms with E-state index in [1.165, 1.54) is 0 Å². The zero-order valence-electron chi connectivity index (χ0n) is 8.83. The van der Waals surface area contributed by atoms with E-state index in [1.807, 2.05) is 13.8 Å². The third-order valence-electron chi connectivity index (χ3n) is 3.15. The summed E-state index contributed by atoms with van der Waals surface area (Å²) in [7, 11) is 0.579. The van der Waals surface area contributed by atoms with Crippen LogP contribution < -0.4 is 0 Å². The van der Waals surface area contributed by atoms with Crippen LogP contribution in [0.15, 0.2) is 0 Å². The maximum absolute atomic E-state index is 11.6. The SMILES string of the molecule is CCC1(CC)C(=O)OC(=O)C1[SiH2]OC. The van der Waals surface area contributed by atoms with Crippen molar-refractivity contribution in [1.29, 1.82) is 0 Å². The number of rotatable bonds is 4. The Morgan fingerprint density at radius 1 is 1.43 bits per heavy atom. The lowest BCUT2D eigenvalue weighted by molar-refractivity contribution is -0.155. The molecular weight excluding hydrogens is 200 g/mol. The first kappa shape index (κ1) is 11.4. The molecule has 1 heterocycles. The van der Waals surface area contributed by atoms with Crippen molar-refractivity contribution >= 4 is 21.7 Å². The van der Waals surface area contributed by atoms with E-state index in [9.17, 15) is 9.59 Å². The van der Waals surface area contributed by atoms with E-state index in [4.69, 9.17) is 9.16 Å². The molecule has 1 unspecified atom stereocenters. The van der Waals surface area contributed by atoms with E-state index in [1.54, 1.807) is 7.11 Å². The van der Waals surface area contributed by atoms with Crippen LogP contribution in [0.25, 0.3) is 0 Å². The summed E-state index contributed by atoms with van der Waals surface area (Å²) in [5.41, 5.74) is -0.894. The molecule has 0 N–H and O–H groups in total. The molecule has 0 aromatic heterocycles. The first-order valence-corrected chi connectivity index (χ1v) is 6.26. The molecule has 4 nitrogen and oxygen atoms in total. The standard InChI is InChI=1S/C9H16O4Si/c1-4-9(5-2)6(14-12-3)7(10)13-8(9)11/h6H,4-5,14H2,1-3H3. The molecule has 1 rings (SSSR count). The highest BCUT2D eigenvalue weighted by atomic mass is 28.2. The molecule has 1 aliphatic heterocycles. The predicted molar refractivity (Wildman–Crippen MR) is 53.4 cm³/mol. The number of cyclic esters (lactones) is 2. The van der Waals surface area contributed by atoms with Crippen LogP contribution in [0.1, 0.15) is 26.7 Å². The second kappa shape index (κ2) is 4.23. The third kappa shape index (κ3) is 1.50. The lowest BCUT2D eigenvalue weighted by Gasteiger charge is -2.25. The average Bonchev–Trinajstić information content (AvgIpc) is 2.40. The van der Waals surface area contributed by atoms with Gasteiger partial charge in [-0.25, -0.2) is 0 Å². The van der Waals surface area contributed by atoms with Gasteiger partial charge in [0.25, 0.3) is 0 Å². The van der Waals surface area contributed by atoms with Crippen LogP contribution in [0.5, 0.6) is 0 Å². The van der Waals surface area contributed by atoms with Gasteiger partial charge in [-0.2, -0.15) is 0 Å². The first-order chi connectivity index (χ1) is 6.62. The molecule has 0 radical (unpaired) electrons. The summed E-state index contributed by atoms with van der Waals surface area (Å²) in [5, 5.41) is 0. The number of hydrogen-bond acceptors (Lipinski definition) is 4. The van der Waals surface area contributed by atoms with Crippen LogP contribution in [0, 0.1) is 5.41 Å². The molecule has 1 fully saturated rings. The summed E-state index contributed by atoms with van der Waals surface area (Å²) in [6, 6.07) is 0. The number of carbonyl (C=O) groups excluding carboxylic acids is 2. The number of esters is 2. The Morgan fingerprint density at radius 2 is 2.00 bits per heavy atom. The summed E-state index contributed by atoms with van der Waals surface area (Å²) in [5.74, 6) is -0.741. The highest BCUT2D eigenvalue weighted by molar-refractivity contribution is 6.40. The second-order valence-electron chi connectivity index (χ2n) is 3.58. The molecule has 1 aliphatic rings. The van der Waals surface area contributed by atoms with Gasteiger partial charge >= 0.3 is 11.9 Å². The summed E-state index contributed by atoms with van der Waals surface area (Å²) >= 11 is 0.